The third-order valence-corrected chi connectivity index (χ3v) is 7.31. The van der Waals surface area contributed by atoms with Gasteiger partial charge in [-0.1, -0.05) is 62.2 Å². The molecular formula is C29H17Br3FN3O3. The van der Waals surface area contributed by atoms with Gasteiger partial charge < -0.3 is 9.72 Å². The number of halogens is 4. The number of carbonyl (C=O) groups is 2. The molecule has 1 heterocycles. The average Bonchev–Trinajstić information content (AvgIpc) is 3.30. The number of nitrogens with one attached hydrogen (secondary N) is 2. The molecule has 0 unspecified atom stereocenters. The fourth-order valence-electron chi connectivity index (χ4n) is 3.98. The molecule has 1 amide bonds. The lowest BCUT2D eigenvalue weighted by atomic mass is 10.0. The Morgan fingerprint density at radius 1 is 0.897 bits per heavy atom. The summed E-state index contributed by atoms with van der Waals surface area (Å²) in [7, 11) is 0. The topological polar surface area (TPSA) is 83.5 Å². The molecule has 39 heavy (non-hydrogen) atoms. The number of fused-ring (bicyclic) bond motifs is 1. The summed E-state index contributed by atoms with van der Waals surface area (Å²) in [4.78, 5) is 29.1. The zero-order chi connectivity index (χ0) is 27.5. The van der Waals surface area contributed by atoms with Crippen molar-refractivity contribution in [2.75, 3.05) is 0 Å². The quantitative estimate of drug-likeness (QED) is 0.0805. The molecule has 194 valence electrons. The first kappa shape index (κ1) is 27.0. The molecule has 2 N–H and O–H groups in total. The zero-order valence-electron chi connectivity index (χ0n) is 19.8. The van der Waals surface area contributed by atoms with Crippen LogP contribution in [0.5, 0.6) is 5.75 Å². The molecule has 0 saturated carbocycles. The number of aromatic amines is 1. The van der Waals surface area contributed by atoms with Crippen molar-refractivity contribution in [3.63, 3.8) is 0 Å². The maximum atomic E-state index is 14.1. The summed E-state index contributed by atoms with van der Waals surface area (Å²) in [5.41, 5.74) is 5.48. The van der Waals surface area contributed by atoms with Crippen molar-refractivity contribution in [3.8, 4) is 16.9 Å². The Hall–Kier alpha value is -3.60. The molecule has 0 fully saturated rings. The second kappa shape index (κ2) is 11.6. The van der Waals surface area contributed by atoms with Gasteiger partial charge in [0.2, 0.25) is 0 Å². The second-order valence-corrected chi connectivity index (χ2v) is 11.0. The van der Waals surface area contributed by atoms with E-state index in [1.807, 2.05) is 30.3 Å². The van der Waals surface area contributed by atoms with E-state index < -0.39 is 17.7 Å². The highest BCUT2D eigenvalue weighted by Gasteiger charge is 2.20. The molecule has 0 aliphatic heterocycles. The van der Waals surface area contributed by atoms with E-state index >= 15 is 0 Å². The number of nitrogens with zero attached hydrogens (tertiary/aromatic N) is 1. The molecule has 0 radical (unpaired) electrons. The number of esters is 1. The molecule has 0 bridgehead atoms. The molecule has 10 heteroatoms. The van der Waals surface area contributed by atoms with Crippen LogP contribution in [0.25, 0.3) is 22.0 Å². The van der Waals surface area contributed by atoms with E-state index in [2.05, 4.69) is 63.3 Å². The Bertz CT molecular complexity index is 1740. The van der Waals surface area contributed by atoms with Crippen LogP contribution >= 0.6 is 47.8 Å². The molecule has 4 aromatic carbocycles. The fraction of sp³-hybridized carbons (Fsp3) is 0. The number of ether oxygens (including phenoxy) is 1. The highest BCUT2D eigenvalue weighted by atomic mass is 79.9. The van der Waals surface area contributed by atoms with Crippen molar-refractivity contribution in [3.05, 3.63) is 121 Å². The number of H-pyrrole nitrogens is 1. The van der Waals surface area contributed by atoms with Crippen LogP contribution in [0.1, 0.15) is 26.4 Å². The van der Waals surface area contributed by atoms with Gasteiger partial charge in [0.15, 0.2) is 5.75 Å². The van der Waals surface area contributed by atoms with E-state index in [0.29, 0.717) is 36.5 Å². The average molecular weight is 714 g/mol. The number of carbonyl (C=O) groups excluding carboxylic acids is 2. The number of aromatic nitrogens is 1. The van der Waals surface area contributed by atoms with Crippen LogP contribution in [0.3, 0.4) is 0 Å². The van der Waals surface area contributed by atoms with Gasteiger partial charge in [0.25, 0.3) is 5.91 Å². The highest BCUT2D eigenvalue weighted by molar-refractivity contribution is 9.11. The number of hydrogen-bond acceptors (Lipinski definition) is 4. The lowest BCUT2D eigenvalue weighted by molar-refractivity contribution is 0.0733. The number of rotatable bonds is 6. The predicted molar refractivity (Wildman–Crippen MR) is 160 cm³/mol. The molecule has 0 aliphatic carbocycles. The Balaban J connectivity index is 1.43. The van der Waals surface area contributed by atoms with Gasteiger partial charge in [-0.3, -0.25) is 4.79 Å². The summed E-state index contributed by atoms with van der Waals surface area (Å²) in [5.74, 6) is -1.25. The summed E-state index contributed by atoms with van der Waals surface area (Å²) in [6.07, 6.45) is 1.38. The van der Waals surface area contributed by atoms with Crippen LogP contribution in [-0.4, -0.2) is 23.1 Å². The third-order valence-electron chi connectivity index (χ3n) is 5.73. The molecule has 0 aliphatic rings. The van der Waals surface area contributed by atoms with Crippen molar-refractivity contribution in [1.82, 2.24) is 10.4 Å². The van der Waals surface area contributed by atoms with Gasteiger partial charge in [-0.25, -0.2) is 14.6 Å². The Morgan fingerprint density at radius 3 is 2.38 bits per heavy atom. The molecule has 6 nitrogen and oxygen atoms in total. The minimum atomic E-state index is -0.554. The maximum Gasteiger partial charge on any atom is 0.343 e. The summed E-state index contributed by atoms with van der Waals surface area (Å²) in [5, 5.41) is 4.69. The maximum absolute atomic E-state index is 14.1. The normalized spacial score (nSPS) is 11.2. The van der Waals surface area contributed by atoms with Gasteiger partial charge in [-0.2, -0.15) is 5.10 Å². The number of benzene rings is 4. The summed E-state index contributed by atoms with van der Waals surface area (Å²) in [6.45, 7) is 0. The standard InChI is InChI=1S/C29H17Br3FN3O3/c30-19-8-6-17(7-9-19)29(38)39-27-18(12-20(31)13-23(27)32)15-34-36-28(37)26-25(16-4-2-1-3-5-16)22-14-21(33)10-11-24(22)35-26/h1-15,35H,(H,36,37). The Labute approximate surface area is 247 Å². The third kappa shape index (κ3) is 6.03. The van der Waals surface area contributed by atoms with E-state index in [1.165, 1.54) is 18.3 Å². The van der Waals surface area contributed by atoms with Crippen molar-refractivity contribution >= 4 is 76.8 Å². The SMILES string of the molecule is O=C(Oc1c(Br)cc(Br)cc1C=NNC(=O)c1[nH]c2ccc(F)cc2c1-c1ccccc1)c1ccc(Br)cc1. The van der Waals surface area contributed by atoms with Crippen LogP contribution in [-0.2, 0) is 0 Å². The van der Waals surface area contributed by atoms with Crippen molar-refractivity contribution in [2.45, 2.75) is 0 Å². The molecule has 1 aromatic heterocycles. The molecule has 5 aromatic rings. The van der Waals surface area contributed by atoms with Crippen molar-refractivity contribution in [1.29, 1.82) is 0 Å². The van der Waals surface area contributed by atoms with E-state index in [-0.39, 0.29) is 11.4 Å². The molecule has 0 spiro atoms. The summed E-state index contributed by atoms with van der Waals surface area (Å²) in [6, 6.07) is 23.7. The van der Waals surface area contributed by atoms with Gasteiger partial charge in [-0.05, 0) is 76.1 Å². The summed E-state index contributed by atoms with van der Waals surface area (Å²) >= 11 is 10.2. The van der Waals surface area contributed by atoms with Crippen LogP contribution in [0.2, 0.25) is 0 Å². The monoisotopic (exact) mass is 711 g/mol. The smallest absolute Gasteiger partial charge is 0.343 e. The lowest BCUT2D eigenvalue weighted by Crippen LogP contribution is -2.19. The van der Waals surface area contributed by atoms with Crippen LogP contribution in [0.15, 0.2) is 103 Å². The largest absolute Gasteiger partial charge is 0.421 e. The molecular weight excluding hydrogens is 697 g/mol. The minimum Gasteiger partial charge on any atom is -0.421 e. The van der Waals surface area contributed by atoms with Gasteiger partial charge in [-0.15, -0.1) is 0 Å². The van der Waals surface area contributed by atoms with Crippen LogP contribution in [0.4, 0.5) is 4.39 Å². The first-order valence-corrected chi connectivity index (χ1v) is 13.8. The van der Waals surface area contributed by atoms with E-state index in [4.69, 9.17) is 4.74 Å². The minimum absolute atomic E-state index is 0.232. The van der Waals surface area contributed by atoms with Crippen LogP contribution < -0.4 is 10.2 Å². The van der Waals surface area contributed by atoms with Crippen molar-refractivity contribution in [2.24, 2.45) is 5.10 Å². The van der Waals surface area contributed by atoms with E-state index in [1.54, 1.807) is 42.5 Å². The van der Waals surface area contributed by atoms with Gasteiger partial charge >= 0.3 is 5.97 Å². The van der Waals surface area contributed by atoms with E-state index in [9.17, 15) is 14.0 Å². The predicted octanol–water partition coefficient (Wildman–Crippen LogP) is 8.24. The molecule has 0 atom stereocenters. The fourth-order valence-corrected chi connectivity index (χ4v) is 5.58. The Kier molecular flexibility index (Phi) is 8.06. The second-order valence-electron chi connectivity index (χ2n) is 8.33. The van der Waals surface area contributed by atoms with Gasteiger partial charge in [0, 0.05) is 31.0 Å². The summed E-state index contributed by atoms with van der Waals surface area (Å²) < 4.78 is 21.8. The number of hydrazone groups is 1. The lowest BCUT2D eigenvalue weighted by Gasteiger charge is -2.11. The number of amides is 1. The van der Waals surface area contributed by atoms with Gasteiger partial charge in [0.05, 0.1) is 16.3 Å². The van der Waals surface area contributed by atoms with E-state index in [0.717, 1.165) is 10.0 Å². The Morgan fingerprint density at radius 2 is 1.64 bits per heavy atom. The van der Waals surface area contributed by atoms with Crippen LogP contribution in [0, 0.1) is 5.82 Å². The first-order chi connectivity index (χ1) is 18.8. The molecule has 5 rings (SSSR count). The highest BCUT2D eigenvalue weighted by Crippen LogP contribution is 2.34. The van der Waals surface area contributed by atoms with Crippen molar-refractivity contribution < 1.29 is 18.7 Å². The molecule has 0 saturated heterocycles. The zero-order valence-corrected chi connectivity index (χ0v) is 24.6. The first-order valence-electron chi connectivity index (χ1n) is 11.5. The number of hydrogen-bond donors (Lipinski definition) is 2. The van der Waals surface area contributed by atoms with Gasteiger partial charge in [0.1, 0.15) is 11.5 Å².